The molecule has 0 bridgehead atoms. The molecule has 3 aromatic heterocycles. The molecule has 2 saturated heterocycles. The van der Waals surface area contributed by atoms with Gasteiger partial charge in [-0.2, -0.15) is 9.97 Å². The number of sulfonamides is 1. The molecule has 2 aliphatic rings. The molecule has 5 rings (SSSR count). The molecule has 2 fully saturated rings. The maximum absolute atomic E-state index is 13.8. The Hall–Kier alpha value is -3.70. The zero-order chi connectivity index (χ0) is 27.6. The van der Waals surface area contributed by atoms with Crippen LogP contribution in [0.4, 0.5) is 16.3 Å². The highest BCUT2D eigenvalue weighted by Crippen LogP contribution is 2.37. The minimum atomic E-state index is -4.10. The maximum atomic E-state index is 13.8. The van der Waals surface area contributed by atoms with E-state index in [0.29, 0.717) is 25.4 Å². The number of ether oxygens (including phenoxy) is 4. The molecule has 1 N–H and O–H groups in total. The summed E-state index contributed by atoms with van der Waals surface area (Å²) >= 11 is 0. The van der Waals surface area contributed by atoms with E-state index in [1.165, 1.54) is 32.2 Å². The first kappa shape index (κ1) is 26.9. The van der Waals surface area contributed by atoms with E-state index in [9.17, 15) is 12.8 Å². The molecule has 2 aliphatic heterocycles. The van der Waals surface area contributed by atoms with Crippen molar-refractivity contribution in [3.8, 4) is 17.4 Å². The summed E-state index contributed by atoms with van der Waals surface area (Å²) in [7, 11) is 0.241. The number of hydrogen-bond donors (Lipinski definition) is 1. The minimum absolute atomic E-state index is 0.0364. The van der Waals surface area contributed by atoms with Crippen LogP contribution in [-0.4, -0.2) is 95.5 Å². The average molecular weight is 566 g/mol. The Labute approximate surface area is 223 Å². The van der Waals surface area contributed by atoms with E-state index in [1.807, 2.05) is 0 Å². The van der Waals surface area contributed by atoms with E-state index in [1.54, 1.807) is 4.90 Å². The molecule has 5 heterocycles. The summed E-state index contributed by atoms with van der Waals surface area (Å²) in [6.07, 6.45) is 4.09. The van der Waals surface area contributed by atoms with Gasteiger partial charge in [0.2, 0.25) is 33.7 Å². The van der Waals surface area contributed by atoms with Crippen LogP contribution in [0.2, 0.25) is 0 Å². The van der Waals surface area contributed by atoms with Gasteiger partial charge in [-0.1, -0.05) is 0 Å². The number of halogens is 1. The minimum Gasteiger partial charge on any atom is -0.479 e. The van der Waals surface area contributed by atoms with Crippen LogP contribution in [0.25, 0.3) is 5.69 Å². The van der Waals surface area contributed by atoms with Gasteiger partial charge in [0.05, 0.1) is 32.7 Å². The largest absolute Gasteiger partial charge is 0.479 e. The van der Waals surface area contributed by atoms with E-state index in [4.69, 9.17) is 18.9 Å². The summed E-state index contributed by atoms with van der Waals surface area (Å²) in [5, 5.41) is 7.46. The Morgan fingerprint density at radius 1 is 1.05 bits per heavy atom. The zero-order valence-corrected chi connectivity index (χ0v) is 22.3. The van der Waals surface area contributed by atoms with Crippen molar-refractivity contribution in [2.24, 2.45) is 0 Å². The van der Waals surface area contributed by atoms with Gasteiger partial charge >= 0.3 is 0 Å². The molecule has 2 unspecified atom stereocenters. The summed E-state index contributed by atoms with van der Waals surface area (Å²) in [6.45, 7) is 0.901. The molecule has 15 nitrogen and oxygen atoms in total. The summed E-state index contributed by atoms with van der Waals surface area (Å²) in [6, 6.07) is 0. The van der Waals surface area contributed by atoms with Crippen LogP contribution < -0.4 is 19.1 Å². The van der Waals surface area contributed by atoms with Crippen LogP contribution in [0.15, 0.2) is 18.7 Å². The summed E-state index contributed by atoms with van der Waals surface area (Å²) in [4.78, 5) is 17.9. The van der Waals surface area contributed by atoms with Gasteiger partial charge in [0, 0.05) is 26.8 Å². The van der Waals surface area contributed by atoms with Gasteiger partial charge in [0.25, 0.3) is 0 Å². The molecule has 0 spiro atoms. The van der Waals surface area contributed by atoms with Crippen molar-refractivity contribution < 1.29 is 31.8 Å². The zero-order valence-electron chi connectivity index (χ0n) is 21.5. The van der Waals surface area contributed by atoms with Crippen molar-refractivity contribution >= 4 is 21.9 Å². The first-order chi connectivity index (χ1) is 18.8. The first-order valence-electron chi connectivity index (χ1n) is 12.1. The monoisotopic (exact) mass is 565 g/mol. The van der Waals surface area contributed by atoms with Crippen LogP contribution in [0, 0.1) is 5.82 Å². The molecule has 0 aliphatic carbocycles. The van der Waals surface area contributed by atoms with Gasteiger partial charge in [-0.15, -0.1) is 10.2 Å². The Morgan fingerprint density at radius 2 is 1.77 bits per heavy atom. The second kappa shape index (κ2) is 11.2. The van der Waals surface area contributed by atoms with E-state index >= 15 is 0 Å². The number of methoxy groups -OCH3 is 3. The highest BCUT2D eigenvalue weighted by Gasteiger charge is 2.39. The number of nitrogens with one attached hydrogen (secondary N) is 1. The van der Waals surface area contributed by atoms with E-state index < -0.39 is 33.3 Å². The lowest BCUT2D eigenvalue weighted by Gasteiger charge is -2.36. The van der Waals surface area contributed by atoms with Crippen molar-refractivity contribution in [3.63, 3.8) is 0 Å². The Balaban J connectivity index is 1.52. The molecule has 3 atom stereocenters. The predicted octanol–water partition coefficient (Wildman–Crippen LogP) is 0.891. The number of nitrogens with zero attached hydrogens (tertiary/aromatic N) is 8. The Morgan fingerprint density at radius 3 is 2.38 bits per heavy atom. The normalized spacial score (nSPS) is 21.6. The standard InChI is InChI=1S/C22H28FN9O6S/c1-35-14-7-15(11-31(10-14)21-24-8-13(23)9-25-21)39(33,34)30-22-29-28-18(16-5-4-6-38-16)32(22)17-19(36-2)26-12-27-20(17)37-3/h8-9,12,14-16H,4-7,10-11H2,1-3H3,(H,29,30)/t14?,15?,16-/m0/s1. The fourth-order valence-corrected chi connectivity index (χ4v) is 6.05. The number of rotatable bonds is 9. The summed E-state index contributed by atoms with van der Waals surface area (Å²) in [5.74, 6) is 0.0728. The number of hydrogen-bond acceptors (Lipinski definition) is 13. The van der Waals surface area contributed by atoms with Gasteiger partial charge in [0.1, 0.15) is 17.7 Å². The van der Waals surface area contributed by atoms with Crippen LogP contribution in [-0.2, 0) is 19.5 Å². The van der Waals surface area contributed by atoms with E-state index in [0.717, 1.165) is 18.8 Å². The van der Waals surface area contributed by atoms with Gasteiger partial charge in [0.15, 0.2) is 17.3 Å². The summed E-state index contributed by atoms with van der Waals surface area (Å²) < 4.78 is 67.2. The van der Waals surface area contributed by atoms with Gasteiger partial charge in [-0.25, -0.2) is 22.8 Å². The molecule has 0 aromatic carbocycles. The number of aromatic nitrogens is 7. The van der Waals surface area contributed by atoms with Gasteiger partial charge in [-0.05, 0) is 19.3 Å². The third kappa shape index (κ3) is 5.41. The fourth-order valence-electron chi connectivity index (χ4n) is 4.66. The third-order valence-electron chi connectivity index (χ3n) is 6.54. The summed E-state index contributed by atoms with van der Waals surface area (Å²) in [5.41, 5.74) is 0.218. The molecule has 39 heavy (non-hydrogen) atoms. The number of piperidine rings is 1. The van der Waals surface area contributed by atoms with E-state index in [-0.39, 0.29) is 42.3 Å². The molecule has 0 radical (unpaired) electrons. The van der Waals surface area contributed by atoms with Crippen molar-refractivity contribution in [1.82, 2.24) is 34.7 Å². The topological polar surface area (TPSA) is 169 Å². The molecular formula is C22H28FN9O6S. The lowest BCUT2D eigenvalue weighted by atomic mass is 10.1. The van der Waals surface area contributed by atoms with Gasteiger partial charge < -0.3 is 23.8 Å². The smallest absolute Gasteiger partial charge is 0.245 e. The Bertz CT molecular complexity index is 1380. The van der Waals surface area contributed by atoms with Crippen LogP contribution in [0.1, 0.15) is 31.2 Å². The Kier molecular flexibility index (Phi) is 7.72. The molecule has 0 saturated carbocycles. The van der Waals surface area contributed by atoms with Crippen LogP contribution >= 0.6 is 0 Å². The highest BCUT2D eigenvalue weighted by molar-refractivity contribution is 7.93. The SMILES string of the molecule is COc1ncnc(OC)c1-n1c(NS(=O)(=O)C2CC(OC)CN(c3ncc(F)cn3)C2)nnc1[C@@H]1CCCO1. The highest BCUT2D eigenvalue weighted by atomic mass is 32.2. The quantitative estimate of drug-likeness (QED) is 0.389. The average Bonchev–Trinajstić information content (AvgIpc) is 3.62. The second-order valence-electron chi connectivity index (χ2n) is 8.93. The van der Waals surface area contributed by atoms with Gasteiger partial charge in [-0.3, -0.25) is 9.29 Å². The number of anilines is 2. The van der Waals surface area contributed by atoms with Crippen molar-refractivity contribution in [3.05, 3.63) is 30.4 Å². The first-order valence-corrected chi connectivity index (χ1v) is 13.7. The molecule has 17 heteroatoms. The molecule has 0 amide bonds. The maximum Gasteiger partial charge on any atom is 0.245 e. The van der Waals surface area contributed by atoms with E-state index in [2.05, 4.69) is 34.9 Å². The van der Waals surface area contributed by atoms with Crippen LogP contribution in [0.5, 0.6) is 11.8 Å². The molecule has 3 aromatic rings. The fraction of sp³-hybridized carbons (Fsp3) is 0.545. The van der Waals surface area contributed by atoms with Crippen LogP contribution in [0.3, 0.4) is 0 Å². The second-order valence-corrected chi connectivity index (χ2v) is 10.9. The lowest BCUT2D eigenvalue weighted by molar-refractivity contribution is 0.0898. The lowest BCUT2D eigenvalue weighted by Crippen LogP contribution is -2.51. The predicted molar refractivity (Wildman–Crippen MR) is 134 cm³/mol. The van der Waals surface area contributed by atoms with Crippen molar-refractivity contribution in [2.45, 2.75) is 36.7 Å². The third-order valence-corrected chi connectivity index (χ3v) is 8.23. The van der Waals surface area contributed by atoms with Crippen molar-refractivity contribution in [1.29, 1.82) is 0 Å². The molecule has 210 valence electrons. The molecular weight excluding hydrogens is 537 g/mol. The van der Waals surface area contributed by atoms with Crippen molar-refractivity contribution in [2.75, 3.05) is 50.6 Å².